The first-order valence-electron chi connectivity index (χ1n) is 8.41. The zero-order valence-corrected chi connectivity index (χ0v) is 15.3. The van der Waals surface area contributed by atoms with Crippen LogP contribution in [0.15, 0.2) is 24.3 Å². The van der Waals surface area contributed by atoms with Crippen molar-refractivity contribution in [1.82, 2.24) is 10.2 Å². The number of nitrogens with zero attached hydrogens (tertiary/aromatic N) is 1. The lowest BCUT2D eigenvalue weighted by molar-refractivity contribution is -0.128. The van der Waals surface area contributed by atoms with Crippen LogP contribution in [-0.2, 0) is 11.3 Å². The Balaban J connectivity index is 0.00000288. The molecule has 2 rings (SSSR count). The van der Waals surface area contributed by atoms with Crippen molar-refractivity contribution in [3.8, 4) is 0 Å². The first-order valence-corrected chi connectivity index (χ1v) is 8.41. The number of likely N-dealkylation sites (tertiary alicyclic amines) is 1. The van der Waals surface area contributed by atoms with Gasteiger partial charge in [-0.15, -0.1) is 12.4 Å². The highest BCUT2D eigenvalue weighted by atomic mass is 35.5. The number of carbonyl (C=O) groups is 2. The summed E-state index contributed by atoms with van der Waals surface area (Å²) >= 11 is 0. The number of nitrogens with one attached hydrogen (secondary N) is 1. The third-order valence-electron chi connectivity index (χ3n) is 4.77. The highest BCUT2D eigenvalue weighted by Crippen LogP contribution is 2.15. The fraction of sp³-hybridized carbons (Fsp3) is 0.556. The van der Waals surface area contributed by atoms with Crippen LogP contribution in [0.1, 0.15) is 55.5 Å². The summed E-state index contributed by atoms with van der Waals surface area (Å²) in [6.45, 7) is 5.99. The minimum absolute atomic E-state index is 0. The predicted molar refractivity (Wildman–Crippen MR) is 98.2 cm³/mol. The fourth-order valence-corrected chi connectivity index (χ4v) is 2.71. The molecule has 1 saturated heterocycles. The van der Waals surface area contributed by atoms with E-state index in [9.17, 15) is 9.59 Å². The lowest BCUT2D eigenvalue weighted by atomic mass is 9.94. The maximum atomic E-state index is 12.2. The monoisotopic (exact) mass is 353 g/mol. The predicted octanol–water partition coefficient (Wildman–Crippen LogP) is 2.48. The summed E-state index contributed by atoms with van der Waals surface area (Å²) < 4.78 is 0. The summed E-state index contributed by atoms with van der Waals surface area (Å²) in [5.41, 5.74) is 7.53. The smallest absolute Gasteiger partial charge is 0.251 e. The molecule has 6 heteroatoms. The topological polar surface area (TPSA) is 75.4 Å². The van der Waals surface area contributed by atoms with Gasteiger partial charge in [-0.2, -0.15) is 0 Å². The van der Waals surface area contributed by atoms with Gasteiger partial charge in [0.25, 0.3) is 5.91 Å². The second-order valence-corrected chi connectivity index (χ2v) is 6.37. The average Bonchev–Trinajstić information content (AvgIpc) is 2.98. The molecule has 1 heterocycles. The molecule has 0 radical (unpaired) electrons. The summed E-state index contributed by atoms with van der Waals surface area (Å²) in [7, 11) is 0. The number of nitrogens with two attached hydrogens (primary N) is 1. The molecule has 1 aliphatic rings. The van der Waals surface area contributed by atoms with E-state index in [0.717, 1.165) is 31.4 Å². The van der Waals surface area contributed by atoms with E-state index in [2.05, 4.69) is 5.32 Å². The maximum Gasteiger partial charge on any atom is 0.251 e. The molecule has 0 saturated carbocycles. The van der Waals surface area contributed by atoms with Gasteiger partial charge in [0.2, 0.25) is 5.91 Å². The van der Waals surface area contributed by atoms with Gasteiger partial charge in [-0.3, -0.25) is 9.59 Å². The SMILES string of the molecule is CCC(N)(CC)CNC(=O)c1ccc(CN2CCCC2=O)cc1.Cl. The van der Waals surface area contributed by atoms with Gasteiger partial charge in [0.05, 0.1) is 0 Å². The highest BCUT2D eigenvalue weighted by molar-refractivity contribution is 5.94. The van der Waals surface area contributed by atoms with E-state index in [4.69, 9.17) is 5.73 Å². The van der Waals surface area contributed by atoms with E-state index in [1.54, 1.807) is 12.1 Å². The van der Waals surface area contributed by atoms with Gasteiger partial charge in [0.15, 0.2) is 0 Å². The van der Waals surface area contributed by atoms with E-state index in [-0.39, 0.29) is 29.8 Å². The summed E-state index contributed by atoms with van der Waals surface area (Å²) in [4.78, 5) is 25.7. The zero-order chi connectivity index (χ0) is 16.9. The number of benzene rings is 1. The van der Waals surface area contributed by atoms with Crippen LogP contribution in [0.3, 0.4) is 0 Å². The van der Waals surface area contributed by atoms with Crippen molar-refractivity contribution < 1.29 is 9.59 Å². The van der Waals surface area contributed by atoms with Crippen LogP contribution in [0.25, 0.3) is 0 Å². The molecule has 2 amide bonds. The molecule has 0 aromatic heterocycles. The number of rotatable bonds is 7. The summed E-state index contributed by atoms with van der Waals surface area (Å²) in [5, 5.41) is 2.91. The molecule has 5 nitrogen and oxygen atoms in total. The minimum atomic E-state index is -0.342. The maximum absolute atomic E-state index is 12.2. The Kier molecular flexibility index (Phi) is 7.70. The number of halogens is 1. The molecule has 1 fully saturated rings. The second kappa shape index (κ2) is 9.04. The Hall–Kier alpha value is -1.59. The van der Waals surface area contributed by atoms with Crippen molar-refractivity contribution in [3.05, 3.63) is 35.4 Å². The van der Waals surface area contributed by atoms with E-state index < -0.39 is 0 Å². The van der Waals surface area contributed by atoms with Gasteiger partial charge >= 0.3 is 0 Å². The molecule has 24 heavy (non-hydrogen) atoms. The molecule has 3 N–H and O–H groups in total. The first kappa shape index (κ1) is 20.5. The zero-order valence-electron chi connectivity index (χ0n) is 14.5. The minimum Gasteiger partial charge on any atom is -0.350 e. The quantitative estimate of drug-likeness (QED) is 0.790. The van der Waals surface area contributed by atoms with E-state index in [0.29, 0.717) is 25.1 Å². The molecule has 0 spiro atoms. The van der Waals surface area contributed by atoms with Crippen LogP contribution in [0.4, 0.5) is 0 Å². The molecule has 1 aliphatic heterocycles. The van der Waals surface area contributed by atoms with Gasteiger partial charge < -0.3 is 16.0 Å². The third-order valence-corrected chi connectivity index (χ3v) is 4.77. The third kappa shape index (κ3) is 5.21. The highest BCUT2D eigenvalue weighted by Gasteiger charge is 2.22. The fourth-order valence-electron chi connectivity index (χ4n) is 2.71. The molecule has 0 bridgehead atoms. The van der Waals surface area contributed by atoms with Gasteiger partial charge in [0, 0.05) is 37.2 Å². The van der Waals surface area contributed by atoms with Crippen LogP contribution in [0.2, 0.25) is 0 Å². The largest absolute Gasteiger partial charge is 0.350 e. The van der Waals surface area contributed by atoms with Crippen molar-refractivity contribution >= 4 is 24.2 Å². The number of carbonyl (C=O) groups excluding carboxylic acids is 2. The normalized spacial score (nSPS) is 14.5. The van der Waals surface area contributed by atoms with E-state index in [1.165, 1.54) is 0 Å². The van der Waals surface area contributed by atoms with E-state index in [1.807, 2.05) is 30.9 Å². The van der Waals surface area contributed by atoms with Crippen molar-refractivity contribution in [2.75, 3.05) is 13.1 Å². The summed E-state index contributed by atoms with van der Waals surface area (Å²) in [6.07, 6.45) is 3.24. The summed E-state index contributed by atoms with van der Waals surface area (Å²) in [5.74, 6) is 0.107. The van der Waals surface area contributed by atoms with Crippen molar-refractivity contribution in [3.63, 3.8) is 0 Å². The molecule has 0 unspecified atom stereocenters. The van der Waals surface area contributed by atoms with Gasteiger partial charge in [-0.1, -0.05) is 26.0 Å². The Bertz CT molecular complexity index is 556. The van der Waals surface area contributed by atoms with Crippen molar-refractivity contribution in [2.24, 2.45) is 5.73 Å². The first-order chi connectivity index (χ1) is 11.0. The standard InChI is InChI=1S/C18H27N3O2.ClH/c1-3-18(19,4-2)13-20-17(23)15-9-7-14(8-10-15)12-21-11-5-6-16(21)22;/h7-10H,3-6,11-13,19H2,1-2H3,(H,20,23);1H. The average molecular weight is 354 g/mol. The Morgan fingerprint density at radius 2 is 1.88 bits per heavy atom. The van der Waals surface area contributed by atoms with Crippen LogP contribution in [-0.4, -0.2) is 35.3 Å². The van der Waals surface area contributed by atoms with Gasteiger partial charge in [0.1, 0.15) is 0 Å². The Morgan fingerprint density at radius 1 is 1.25 bits per heavy atom. The van der Waals surface area contributed by atoms with Crippen LogP contribution < -0.4 is 11.1 Å². The van der Waals surface area contributed by atoms with Crippen LogP contribution >= 0.6 is 12.4 Å². The molecule has 1 aromatic rings. The van der Waals surface area contributed by atoms with Gasteiger partial charge in [-0.25, -0.2) is 0 Å². The number of hydrogen-bond acceptors (Lipinski definition) is 3. The van der Waals surface area contributed by atoms with Crippen molar-refractivity contribution in [2.45, 2.75) is 51.6 Å². The van der Waals surface area contributed by atoms with Gasteiger partial charge in [-0.05, 0) is 37.0 Å². The second-order valence-electron chi connectivity index (χ2n) is 6.37. The molecular weight excluding hydrogens is 326 g/mol. The van der Waals surface area contributed by atoms with Crippen molar-refractivity contribution in [1.29, 1.82) is 0 Å². The number of amides is 2. The molecule has 1 aromatic carbocycles. The molecular formula is C18H28ClN3O2. The summed E-state index contributed by atoms with van der Waals surface area (Å²) in [6, 6.07) is 7.44. The lowest BCUT2D eigenvalue weighted by Gasteiger charge is -2.26. The lowest BCUT2D eigenvalue weighted by Crippen LogP contribution is -2.49. The molecule has 0 atom stereocenters. The van der Waals surface area contributed by atoms with Crippen LogP contribution in [0, 0.1) is 0 Å². The molecule has 134 valence electrons. The Morgan fingerprint density at radius 3 is 2.38 bits per heavy atom. The van der Waals surface area contributed by atoms with E-state index >= 15 is 0 Å². The number of hydrogen-bond donors (Lipinski definition) is 2. The Labute approximate surface area is 150 Å². The van der Waals surface area contributed by atoms with Crippen LogP contribution in [0.5, 0.6) is 0 Å². The molecule has 0 aliphatic carbocycles.